The lowest BCUT2D eigenvalue weighted by molar-refractivity contribution is -0.121. The summed E-state index contributed by atoms with van der Waals surface area (Å²) in [5.74, 6) is 0.707. The molecule has 2 aliphatic rings. The highest BCUT2D eigenvalue weighted by molar-refractivity contribution is 5.95. The Labute approximate surface area is 171 Å². The van der Waals surface area contributed by atoms with Crippen LogP contribution in [0.15, 0.2) is 48.5 Å². The van der Waals surface area contributed by atoms with Gasteiger partial charge >= 0.3 is 6.03 Å². The monoisotopic (exact) mass is 393 g/mol. The zero-order chi connectivity index (χ0) is 20.4. The number of carbonyl (C=O) groups excluding carboxylic acids is 2. The van der Waals surface area contributed by atoms with Crippen molar-refractivity contribution in [3.63, 3.8) is 0 Å². The zero-order valence-corrected chi connectivity index (χ0v) is 16.9. The quantitative estimate of drug-likeness (QED) is 0.837. The van der Waals surface area contributed by atoms with Crippen LogP contribution in [0.1, 0.15) is 25.3 Å². The number of hydrogen-bond acceptors (Lipinski definition) is 3. The number of nitrogens with one attached hydrogen (secondary N) is 1. The van der Waals surface area contributed by atoms with Gasteiger partial charge in [-0.2, -0.15) is 0 Å². The van der Waals surface area contributed by atoms with E-state index in [-0.39, 0.29) is 24.0 Å². The molecule has 6 heteroatoms. The van der Waals surface area contributed by atoms with E-state index in [2.05, 4.69) is 5.32 Å². The Balaban J connectivity index is 1.38. The number of fused-ring (bicyclic) bond motifs is 1. The van der Waals surface area contributed by atoms with Gasteiger partial charge in [-0.3, -0.25) is 9.69 Å². The van der Waals surface area contributed by atoms with Crippen LogP contribution in [0, 0.1) is 12.8 Å². The van der Waals surface area contributed by atoms with Crippen LogP contribution in [0.5, 0.6) is 5.75 Å². The van der Waals surface area contributed by atoms with Gasteiger partial charge in [-0.05, 0) is 50.5 Å². The molecular weight excluding hydrogens is 366 g/mol. The van der Waals surface area contributed by atoms with Crippen molar-refractivity contribution >= 4 is 23.3 Å². The smallest absolute Gasteiger partial charge is 0.324 e. The summed E-state index contributed by atoms with van der Waals surface area (Å²) in [7, 11) is 0. The summed E-state index contributed by atoms with van der Waals surface area (Å²) >= 11 is 0. The number of urea groups is 1. The van der Waals surface area contributed by atoms with Gasteiger partial charge in [-0.25, -0.2) is 4.79 Å². The van der Waals surface area contributed by atoms with Crippen molar-refractivity contribution in [2.45, 2.75) is 32.8 Å². The van der Waals surface area contributed by atoms with Crippen LogP contribution >= 0.6 is 0 Å². The van der Waals surface area contributed by atoms with E-state index in [0.29, 0.717) is 32.5 Å². The Morgan fingerprint density at radius 2 is 1.72 bits per heavy atom. The summed E-state index contributed by atoms with van der Waals surface area (Å²) < 4.78 is 5.85. The molecule has 0 bridgehead atoms. The second-order valence-electron chi connectivity index (χ2n) is 7.85. The van der Waals surface area contributed by atoms with E-state index in [0.717, 1.165) is 22.7 Å². The van der Waals surface area contributed by atoms with Crippen LogP contribution in [0.4, 0.5) is 16.2 Å². The van der Waals surface area contributed by atoms with E-state index < -0.39 is 0 Å². The summed E-state index contributed by atoms with van der Waals surface area (Å²) in [4.78, 5) is 29.5. The van der Waals surface area contributed by atoms with Crippen LogP contribution in [0.3, 0.4) is 0 Å². The molecule has 3 amide bonds. The third-order valence-electron chi connectivity index (χ3n) is 5.69. The van der Waals surface area contributed by atoms with Crippen molar-refractivity contribution in [1.29, 1.82) is 0 Å². The number of nitrogens with zero attached hydrogens (tertiary/aromatic N) is 2. The van der Waals surface area contributed by atoms with Crippen LogP contribution < -0.4 is 15.0 Å². The summed E-state index contributed by atoms with van der Waals surface area (Å²) in [6.45, 7) is 5.65. The van der Waals surface area contributed by atoms with Gasteiger partial charge in [0, 0.05) is 24.7 Å². The number of piperidine rings is 1. The minimum absolute atomic E-state index is 0.00892. The number of carbonyl (C=O) groups is 2. The first-order valence-electron chi connectivity index (χ1n) is 10.2. The molecule has 1 atom stereocenters. The Morgan fingerprint density at radius 3 is 2.48 bits per heavy atom. The molecule has 1 saturated heterocycles. The van der Waals surface area contributed by atoms with Gasteiger partial charge in [0.15, 0.2) is 0 Å². The molecular formula is C23H27N3O3. The van der Waals surface area contributed by atoms with Gasteiger partial charge in [-0.15, -0.1) is 0 Å². The predicted molar refractivity (Wildman–Crippen MR) is 113 cm³/mol. The van der Waals surface area contributed by atoms with Crippen molar-refractivity contribution in [3.05, 3.63) is 54.1 Å². The number of para-hydroxylation sites is 3. The molecule has 0 spiro atoms. The predicted octanol–water partition coefficient (Wildman–Crippen LogP) is 4.05. The number of ether oxygens (including phenoxy) is 1. The standard InChI is InChI=1S/C23H27N3O3/c1-16-7-3-4-8-19(16)24-22(27)18-11-13-25(14-12-18)23(28)26-15-17(2)29-21-10-6-5-9-20(21)26/h3-10,17-18H,11-15H2,1-2H3,(H,24,27)/t17-/m0/s1. The van der Waals surface area contributed by atoms with Crippen molar-refractivity contribution < 1.29 is 14.3 Å². The van der Waals surface area contributed by atoms with E-state index in [9.17, 15) is 9.59 Å². The molecule has 152 valence electrons. The van der Waals surface area contributed by atoms with E-state index in [4.69, 9.17) is 4.74 Å². The second-order valence-corrected chi connectivity index (χ2v) is 7.85. The Morgan fingerprint density at radius 1 is 1.03 bits per heavy atom. The van der Waals surface area contributed by atoms with E-state index in [1.165, 1.54) is 0 Å². The van der Waals surface area contributed by atoms with E-state index >= 15 is 0 Å². The van der Waals surface area contributed by atoms with Gasteiger partial charge in [-0.1, -0.05) is 30.3 Å². The summed E-state index contributed by atoms with van der Waals surface area (Å²) in [5.41, 5.74) is 2.72. The van der Waals surface area contributed by atoms with Gasteiger partial charge < -0.3 is 15.0 Å². The van der Waals surface area contributed by atoms with Crippen molar-refractivity contribution in [2.75, 3.05) is 29.9 Å². The molecule has 29 heavy (non-hydrogen) atoms. The van der Waals surface area contributed by atoms with Crippen molar-refractivity contribution in [2.24, 2.45) is 5.92 Å². The van der Waals surface area contributed by atoms with E-state index in [1.807, 2.05) is 67.3 Å². The average Bonchev–Trinajstić information content (AvgIpc) is 2.74. The Kier molecular flexibility index (Phi) is 5.43. The number of amides is 3. The van der Waals surface area contributed by atoms with Crippen LogP contribution in [-0.2, 0) is 4.79 Å². The minimum Gasteiger partial charge on any atom is -0.487 e. The Bertz CT molecular complexity index is 906. The van der Waals surface area contributed by atoms with Crippen molar-refractivity contribution in [3.8, 4) is 5.75 Å². The molecule has 2 aromatic carbocycles. The SMILES string of the molecule is Cc1ccccc1NC(=O)C1CCN(C(=O)N2C[C@H](C)Oc3ccccc32)CC1. The molecule has 0 unspecified atom stereocenters. The molecule has 4 rings (SSSR count). The minimum atomic E-state index is -0.0745. The maximum absolute atomic E-state index is 13.2. The molecule has 0 radical (unpaired) electrons. The van der Waals surface area contributed by atoms with Crippen LogP contribution in [0.25, 0.3) is 0 Å². The second kappa shape index (κ2) is 8.15. The third-order valence-corrected chi connectivity index (χ3v) is 5.69. The molecule has 2 aliphatic heterocycles. The summed E-state index contributed by atoms with van der Waals surface area (Å²) in [6, 6.07) is 15.4. The van der Waals surface area contributed by atoms with Gasteiger partial charge in [0.25, 0.3) is 0 Å². The van der Waals surface area contributed by atoms with Crippen LogP contribution in [0.2, 0.25) is 0 Å². The first kappa shape index (κ1) is 19.3. The largest absolute Gasteiger partial charge is 0.487 e. The Hall–Kier alpha value is -3.02. The molecule has 2 heterocycles. The zero-order valence-electron chi connectivity index (χ0n) is 16.9. The lowest BCUT2D eigenvalue weighted by Crippen LogP contribution is -2.51. The van der Waals surface area contributed by atoms with Gasteiger partial charge in [0.2, 0.25) is 5.91 Å². The number of anilines is 2. The molecule has 1 fully saturated rings. The number of aryl methyl sites for hydroxylation is 1. The summed E-state index contributed by atoms with van der Waals surface area (Å²) in [5, 5.41) is 3.04. The number of likely N-dealkylation sites (tertiary alicyclic amines) is 1. The maximum Gasteiger partial charge on any atom is 0.324 e. The highest BCUT2D eigenvalue weighted by Crippen LogP contribution is 2.34. The maximum atomic E-state index is 13.2. The fourth-order valence-electron chi connectivity index (χ4n) is 4.02. The topological polar surface area (TPSA) is 61.9 Å². The fourth-order valence-corrected chi connectivity index (χ4v) is 4.02. The third kappa shape index (κ3) is 4.06. The number of rotatable bonds is 2. The number of benzene rings is 2. The van der Waals surface area contributed by atoms with E-state index in [1.54, 1.807) is 4.90 Å². The molecule has 2 aromatic rings. The molecule has 0 saturated carbocycles. The molecule has 1 N–H and O–H groups in total. The lowest BCUT2D eigenvalue weighted by Gasteiger charge is -2.39. The van der Waals surface area contributed by atoms with Gasteiger partial charge in [0.1, 0.15) is 11.9 Å². The molecule has 6 nitrogen and oxygen atoms in total. The summed E-state index contributed by atoms with van der Waals surface area (Å²) in [6.07, 6.45) is 1.29. The molecule has 0 aliphatic carbocycles. The highest BCUT2D eigenvalue weighted by atomic mass is 16.5. The first-order chi connectivity index (χ1) is 14.0. The molecule has 0 aromatic heterocycles. The first-order valence-corrected chi connectivity index (χ1v) is 10.2. The average molecular weight is 393 g/mol. The lowest BCUT2D eigenvalue weighted by atomic mass is 9.95. The van der Waals surface area contributed by atoms with Crippen LogP contribution in [-0.4, -0.2) is 42.6 Å². The highest BCUT2D eigenvalue weighted by Gasteiger charge is 2.33. The normalized spacial score (nSPS) is 19.3. The fraction of sp³-hybridized carbons (Fsp3) is 0.391. The number of hydrogen-bond donors (Lipinski definition) is 1. The van der Waals surface area contributed by atoms with Crippen molar-refractivity contribution in [1.82, 2.24) is 4.90 Å². The van der Waals surface area contributed by atoms with Gasteiger partial charge in [0.05, 0.1) is 12.2 Å².